The van der Waals surface area contributed by atoms with Crippen LogP contribution in [-0.2, 0) is 4.74 Å². The smallest absolute Gasteiger partial charge is 0.267 e. The van der Waals surface area contributed by atoms with E-state index >= 15 is 0 Å². The summed E-state index contributed by atoms with van der Waals surface area (Å²) in [5.41, 5.74) is 4.96. The number of ether oxygens (including phenoxy) is 1. The van der Waals surface area contributed by atoms with Crippen molar-refractivity contribution in [2.24, 2.45) is 5.73 Å². The lowest BCUT2D eigenvalue weighted by Gasteiger charge is -2.27. The molecule has 0 bridgehead atoms. The highest BCUT2D eigenvalue weighted by Gasteiger charge is 2.13. The highest BCUT2D eigenvalue weighted by molar-refractivity contribution is 5.91. The molecule has 1 aliphatic heterocycles. The van der Waals surface area contributed by atoms with Crippen molar-refractivity contribution in [2.45, 2.75) is 0 Å². The lowest BCUT2D eigenvalue weighted by Crippen LogP contribution is -2.37. The van der Waals surface area contributed by atoms with Crippen molar-refractivity contribution in [3.05, 3.63) is 23.8 Å². The standard InChI is InChI=1S/C10H13N3O2/c11-10(14)8-2-1-3-9(12-8)13-4-6-15-7-5-13/h1-3H,4-7H2,(H2,11,14)/i1D,3D,4D2. The van der Waals surface area contributed by atoms with Crippen LogP contribution in [-0.4, -0.2) is 37.1 Å². The Bertz CT molecular complexity index is 524. The second-order valence-electron chi connectivity index (χ2n) is 2.96. The Labute approximate surface area is 93.5 Å². The molecule has 2 heterocycles. The van der Waals surface area contributed by atoms with E-state index < -0.39 is 12.4 Å². The fraction of sp³-hybridized carbons (Fsp3) is 0.400. The van der Waals surface area contributed by atoms with Gasteiger partial charge in [-0.25, -0.2) is 4.98 Å². The molecule has 5 nitrogen and oxygen atoms in total. The van der Waals surface area contributed by atoms with E-state index in [1.165, 1.54) is 4.90 Å². The van der Waals surface area contributed by atoms with Gasteiger partial charge in [0.1, 0.15) is 11.5 Å². The number of hydrogen-bond acceptors (Lipinski definition) is 4. The molecule has 0 saturated carbocycles. The second-order valence-corrected chi connectivity index (χ2v) is 2.96. The van der Waals surface area contributed by atoms with Gasteiger partial charge in [0.25, 0.3) is 5.91 Å². The number of anilines is 1. The zero-order chi connectivity index (χ0) is 14.2. The monoisotopic (exact) mass is 211 g/mol. The average molecular weight is 211 g/mol. The normalized spacial score (nSPS) is 23.6. The molecule has 1 aromatic heterocycles. The number of nitrogens with zero attached hydrogens (tertiary/aromatic N) is 2. The van der Waals surface area contributed by atoms with Gasteiger partial charge in [-0.05, 0) is 12.1 Å². The van der Waals surface area contributed by atoms with E-state index in [1.54, 1.807) is 0 Å². The summed E-state index contributed by atoms with van der Waals surface area (Å²) in [6.45, 7) is -1.53. The number of morpholine rings is 1. The molecular weight excluding hydrogens is 194 g/mol. The molecule has 0 spiro atoms. The molecule has 0 unspecified atom stereocenters. The van der Waals surface area contributed by atoms with Gasteiger partial charge in [-0.3, -0.25) is 4.79 Å². The summed E-state index contributed by atoms with van der Waals surface area (Å²) in [7, 11) is 0. The molecular formula is C10H13N3O2. The van der Waals surface area contributed by atoms with E-state index in [0.717, 1.165) is 6.07 Å². The first-order valence-corrected chi connectivity index (χ1v) is 4.46. The molecule has 0 aromatic carbocycles. The number of carbonyl (C=O) groups is 1. The number of primary amides is 1. The van der Waals surface area contributed by atoms with Crippen LogP contribution in [0.15, 0.2) is 18.2 Å². The fourth-order valence-corrected chi connectivity index (χ4v) is 1.21. The van der Waals surface area contributed by atoms with Gasteiger partial charge < -0.3 is 15.4 Å². The molecule has 0 aliphatic carbocycles. The molecule has 80 valence electrons. The van der Waals surface area contributed by atoms with Crippen molar-refractivity contribution in [2.75, 3.05) is 31.2 Å². The first-order valence-electron chi connectivity index (χ1n) is 6.46. The first kappa shape index (κ1) is 6.07. The highest BCUT2D eigenvalue weighted by Crippen LogP contribution is 2.12. The predicted molar refractivity (Wildman–Crippen MR) is 55.8 cm³/mol. The number of rotatable bonds is 2. The Hall–Kier alpha value is -1.62. The van der Waals surface area contributed by atoms with Crippen LogP contribution in [0.3, 0.4) is 0 Å². The Morgan fingerprint density at radius 1 is 1.73 bits per heavy atom. The Morgan fingerprint density at radius 3 is 3.33 bits per heavy atom. The topological polar surface area (TPSA) is 68.5 Å². The van der Waals surface area contributed by atoms with Gasteiger partial charge in [-0.1, -0.05) is 6.04 Å². The minimum atomic E-state index is -1.84. The number of amides is 1. The van der Waals surface area contributed by atoms with Gasteiger partial charge in [-0.15, -0.1) is 0 Å². The third-order valence-electron chi connectivity index (χ3n) is 1.94. The van der Waals surface area contributed by atoms with Crippen LogP contribution in [0.2, 0.25) is 0 Å². The summed E-state index contributed by atoms with van der Waals surface area (Å²) in [4.78, 5) is 16.3. The van der Waals surface area contributed by atoms with Crippen LogP contribution in [0.5, 0.6) is 0 Å². The zero-order valence-electron chi connectivity index (χ0n) is 12.0. The van der Waals surface area contributed by atoms with Crippen LogP contribution in [0, 0.1) is 0 Å². The molecule has 1 amide bonds. The number of carbonyl (C=O) groups excluding carboxylic acids is 1. The van der Waals surface area contributed by atoms with Crippen molar-refractivity contribution < 1.29 is 15.0 Å². The van der Waals surface area contributed by atoms with Crippen molar-refractivity contribution in [1.82, 2.24) is 4.98 Å². The largest absolute Gasteiger partial charge is 0.378 e. The fourth-order valence-electron chi connectivity index (χ4n) is 1.21. The third-order valence-corrected chi connectivity index (χ3v) is 1.94. The number of aromatic nitrogens is 1. The molecule has 2 N–H and O–H groups in total. The van der Waals surface area contributed by atoms with E-state index in [4.69, 9.17) is 16.0 Å². The number of hydrogen-bond donors (Lipinski definition) is 1. The van der Waals surface area contributed by atoms with Gasteiger partial charge in [0, 0.05) is 13.0 Å². The molecule has 5 heteroatoms. The maximum absolute atomic E-state index is 11.1. The zero-order valence-corrected chi connectivity index (χ0v) is 7.99. The van der Waals surface area contributed by atoms with Crippen LogP contribution in [0.1, 0.15) is 16.0 Å². The van der Waals surface area contributed by atoms with Gasteiger partial charge >= 0.3 is 0 Å². The van der Waals surface area contributed by atoms with Crippen LogP contribution in [0.4, 0.5) is 5.82 Å². The first-order chi connectivity index (χ1) is 8.83. The molecule has 2 rings (SSSR count). The SMILES string of the molecule is [2H]c1cc(C(N)=O)nc(N2CCOCC2([2H])[2H])c1[2H]. The van der Waals surface area contributed by atoms with Gasteiger partial charge in [0.05, 0.1) is 18.7 Å². The molecule has 1 aromatic rings. The quantitative estimate of drug-likeness (QED) is 0.748. The van der Waals surface area contributed by atoms with E-state index in [0.29, 0.717) is 0 Å². The van der Waals surface area contributed by atoms with E-state index in [-0.39, 0.29) is 43.4 Å². The summed E-state index contributed by atoms with van der Waals surface area (Å²) >= 11 is 0. The van der Waals surface area contributed by atoms with Crippen LogP contribution < -0.4 is 10.6 Å². The van der Waals surface area contributed by atoms with E-state index in [9.17, 15) is 4.79 Å². The lowest BCUT2D eigenvalue weighted by atomic mass is 10.3. The van der Waals surface area contributed by atoms with Crippen LogP contribution in [0.25, 0.3) is 0 Å². The maximum Gasteiger partial charge on any atom is 0.267 e. The highest BCUT2D eigenvalue weighted by atomic mass is 16.5. The maximum atomic E-state index is 11.1. The van der Waals surface area contributed by atoms with Gasteiger partial charge in [0.15, 0.2) is 0 Å². The molecule has 15 heavy (non-hydrogen) atoms. The van der Waals surface area contributed by atoms with Crippen molar-refractivity contribution >= 4 is 11.7 Å². The second kappa shape index (κ2) is 4.27. The lowest BCUT2D eigenvalue weighted by molar-refractivity contribution is 0.0995. The van der Waals surface area contributed by atoms with Crippen molar-refractivity contribution in [3.63, 3.8) is 0 Å². The summed E-state index contributed by atoms with van der Waals surface area (Å²) in [5.74, 6) is -0.877. The Morgan fingerprint density at radius 2 is 2.60 bits per heavy atom. The molecule has 1 fully saturated rings. The Balaban J connectivity index is 2.51. The number of pyridine rings is 1. The van der Waals surface area contributed by atoms with E-state index in [2.05, 4.69) is 4.98 Å². The third kappa shape index (κ3) is 2.24. The summed E-state index contributed by atoms with van der Waals surface area (Å²) in [5, 5.41) is 0. The minimum absolute atomic E-state index is 0.0606. The summed E-state index contributed by atoms with van der Waals surface area (Å²) in [6.07, 6.45) is 0. The Kier molecular flexibility index (Phi) is 1.73. The average Bonchev–Trinajstić information content (AvgIpc) is 2.32. The van der Waals surface area contributed by atoms with Gasteiger partial charge in [-0.2, -0.15) is 0 Å². The minimum Gasteiger partial charge on any atom is -0.378 e. The summed E-state index contributed by atoms with van der Waals surface area (Å²) in [6, 6.07) is 0.640. The summed E-state index contributed by atoms with van der Waals surface area (Å²) < 4.78 is 36.1. The van der Waals surface area contributed by atoms with E-state index in [1.807, 2.05) is 0 Å². The van der Waals surface area contributed by atoms with Crippen molar-refractivity contribution in [3.8, 4) is 0 Å². The van der Waals surface area contributed by atoms with Crippen LogP contribution >= 0.6 is 0 Å². The molecule has 1 saturated heterocycles. The molecule has 1 aliphatic rings. The number of nitrogens with two attached hydrogens (primary N) is 1. The van der Waals surface area contributed by atoms with Crippen molar-refractivity contribution in [1.29, 1.82) is 0 Å². The molecule has 0 atom stereocenters. The van der Waals surface area contributed by atoms with Gasteiger partial charge in [0.2, 0.25) is 0 Å². The molecule has 0 radical (unpaired) electrons. The predicted octanol–water partition coefficient (Wildman–Crippen LogP) is 0.0171.